The van der Waals surface area contributed by atoms with Crippen molar-refractivity contribution in [3.63, 3.8) is 0 Å². The summed E-state index contributed by atoms with van der Waals surface area (Å²) in [6.07, 6.45) is 0.691. The van der Waals surface area contributed by atoms with Crippen LogP contribution < -0.4 is 5.19 Å². The van der Waals surface area contributed by atoms with Crippen molar-refractivity contribution in [1.29, 1.82) is 0 Å². The summed E-state index contributed by atoms with van der Waals surface area (Å²) in [7, 11) is -0.451. The lowest BCUT2D eigenvalue weighted by Gasteiger charge is -2.05. The second-order valence-corrected chi connectivity index (χ2v) is 5.90. The fraction of sp³-hybridized carbons (Fsp3) is 0.143. The standard InChI is InChI=1S/C14H15NO3Si/c16-15(17)14-9-5-4-6-12(14)10-18-11-19-13-7-2-1-3-8-13/h1-9H,10-11,19H2. The van der Waals surface area contributed by atoms with E-state index in [-0.39, 0.29) is 10.6 Å². The largest absolute Gasteiger partial charge is 0.380 e. The van der Waals surface area contributed by atoms with E-state index in [1.807, 2.05) is 18.2 Å². The molecule has 5 heteroatoms. The molecule has 2 rings (SSSR count). The van der Waals surface area contributed by atoms with E-state index in [2.05, 4.69) is 12.1 Å². The van der Waals surface area contributed by atoms with Gasteiger partial charge < -0.3 is 4.74 Å². The van der Waals surface area contributed by atoms with Crippen molar-refractivity contribution >= 4 is 20.4 Å². The van der Waals surface area contributed by atoms with Gasteiger partial charge in [-0.15, -0.1) is 0 Å². The highest BCUT2D eigenvalue weighted by Crippen LogP contribution is 2.18. The fourth-order valence-corrected chi connectivity index (χ4v) is 2.96. The Morgan fingerprint density at radius 3 is 2.47 bits per heavy atom. The Kier molecular flexibility index (Phi) is 4.83. The van der Waals surface area contributed by atoms with Gasteiger partial charge in [0, 0.05) is 12.3 Å². The van der Waals surface area contributed by atoms with Crippen LogP contribution in [0.4, 0.5) is 5.69 Å². The summed E-state index contributed by atoms with van der Waals surface area (Å²) < 4.78 is 5.57. The Labute approximate surface area is 114 Å². The number of benzene rings is 2. The zero-order chi connectivity index (χ0) is 13.5. The van der Waals surface area contributed by atoms with Gasteiger partial charge in [0.25, 0.3) is 5.69 Å². The Morgan fingerprint density at radius 1 is 1.05 bits per heavy atom. The molecule has 0 saturated heterocycles. The maximum atomic E-state index is 10.8. The number of ether oxygens (including phenoxy) is 1. The van der Waals surface area contributed by atoms with Crippen LogP contribution in [0.1, 0.15) is 5.56 Å². The van der Waals surface area contributed by atoms with Gasteiger partial charge in [-0.2, -0.15) is 0 Å². The minimum Gasteiger partial charge on any atom is -0.380 e. The van der Waals surface area contributed by atoms with Gasteiger partial charge >= 0.3 is 0 Å². The monoisotopic (exact) mass is 273 g/mol. The zero-order valence-corrected chi connectivity index (χ0v) is 11.9. The SMILES string of the molecule is O=[N+]([O-])c1ccccc1COC[SiH2]c1ccccc1. The van der Waals surface area contributed by atoms with Gasteiger partial charge in [0.2, 0.25) is 0 Å². The van der Waals surface area contributed by atoms with Crippen molar-refractivity contribution in [1.82, 2.24) is 0 Å². The first-order chi connectivity index (χ1) is 9.27. The topological polar surface area (TPSA) is 52.4 Å². The normalized spacial score (nSPS) is 10.9. The lowest BCUT2D eigenvalue weighted by Crippen LogP contribution is -2.19. The van der Waals surface area contributed by atoms with E-state index < -0.39 is 9.52 Å². The highest BCUT2D eigenvalue weighted by atomic mass is 28.2. The molecule has 0 spiro atoms. The molecule has 0 aromatic heterocycles. The van der Waals surface area contributed by atoms with E-state index in [1.54, 1.807) is 18.2 Å². The molecule has 2 aromatic carbocycles. The fourth-order valence-electron chi connectivity index (χ4n) is 1.83. The Morgan fingerprint density at radius 2 is 1.74 bits per heavy atom. The van der Waals surface area contributed by atoms with Gasteiger partial charge in [-0.3, -0.25) is 10.1 Å². The number of hydrogen-bond donors (Lipinski definition) is 0. The van der Waals surface area contributed by atoms with E-state index in [9.17, 15) is 10.1 Å². The van der Waals surface area contributed by atoms with E-state index in [4.69, 9.17) is 4.74 Å². The molecule has 0 atom stereocenters. The number of hydrogen-bond acceptors (Lipinski definition) is 3. The predicted molar refractivity (Wildman–Crippen MR) is 77.4 cm³/mol. The Balaban J connectivity index is 1.85. The van der Waals surface area contributed by atoms with Gasteiger partial charge in [-0.1, -0.05) is 47.7 Å². The summed E-state index contributed by atoms with van der Waals surface area (Å²) in [6.45, 7) is 0.303. The number of nitrogens with zero attached hydrogens (tertiary/aromatic N) is 1. The van der Waals surface area contributed by atoms with Gasteiger partial charge in [-0.25, -0.2) is 0 Å². The zero-order valence-electron chi connectivity index (χ0n) is 10.5. The van der Waals surface area contributed by atoms with Gasteiger partial charge in [-0.05, 0) is 6.07 Å². The predicted octanol–water partition coefficient (Wildman–Crippen LogP) is 1.56. The third-order valence-electron chi connectivity index (χ3n) is 2.82. The molecule has 0 saturated carbocycles. The Hall–Kier alpha value is -1.98. The molecule has 0 radical (unpaired) electrons. The van der Waals surface area contributed by atoms with Crippen molar-refractivity contribution in [2.24, 2.45) is 0 Å². The maximum absolute atomic E-state index is 10.8. The van der Waals surface area contributed by atoms with E-state index in [0.29, 0.717) is 18.4 Å². The average molecular weight is 273 g/mol. The summed E-state index contributed by atoms with van der Waals surface area (Å²) >= 11 is 0. The van der Waals surface area contributed by atoms with Crippen LogP contribution in [-0.2, 0) is 11.3 Å². The number of nitro groups is 1. The second-order valence-electron chi connectivity index (χ2n) is 4.17. The van der Waals surface area contributed by atoms with E-state index in [1.165, 1.54) is 11.3 Å². The molecule has 0 aliphatic rings. The third-order valence-corrected chi connectivity index (χ3v) is 4.37. The van der Waals surface area contributed by atoms with Crippen molar-refractivity contribution < 1.29 is 9.66 Å². The Bertz CT molecular complexity index is 545. The van der Waals surface area contributed by atoms with Crippen LogP contribution in [0.5, 0.6) is 0 Å². The molecule has 0 fully saturated rings. The molecule has 4 nitrogen and oxygen atoms in total. The highest BCUT2D eigenvalue weighted by molar-refractivity contribution is 6.53. The van der Waals surface area contributed by atoms with Crippen LogP contribution in [0, 0.1) is 10.1 Å². The van der Waals surface area contributed by atoms with Crippen molar-refractivity contribution in [2.45, 2.75) is 6.61 Å². The average Bonchev–Trinajstić information content (AvgIpc) is 2.45. The highest BCUT2D eigenvalue weighted by Gasteiger charge is 2.11. The third kappa shape index (κ3) is 4.01. The molecule has 0 aliphatic heterocycles. The van der Waals surface area contributed by atoms with Crippen LogP contribution in [0.25, 0.3) is 0 Å². The van der Waals surface area contributed by atoms with Crippen molar-refractivity contribution in [3.8, 4) is 0 Å². The van der Waals surface area contributed by atoms with Gasteiger partial charge in [0.15, 0.2) is 0 Å². The number of rotatable bonds is 6. The summed E-state index contributed by atoms with van der Waals surface area (Å²) in [6, 6.07) is 16.9. The van der Waals surface area contributed by atoms with Crippen LogP contribution in [0.3, 0.4) is 0 Å². The molecular formula is C14H15NO3Si. The summed E-state index contributed by atoms with van der Waals surface area (Å²) in [5.74, 6) is 0. The first-order valence-corrected chi connectivity index (χ1v) is 7.82. The van der Waals surface area contributed by atoms with E-state index in [0.717, 1.165) is 0 Å². The molecule has 0 unspecified atom stereocenters. The van der Waals surface area contributed by atoms with E-state index >= 15 is 0 Å². The van der Waals surface area contributed by atoms with Crippen LogP contribution in [-0.4, -0.2) is 20.7 Å². The minimum atomic E-state index is -0.451. The van der Waals surface area contributed by atoms with Crippen LogP contribution in [0.2, 0.25) is 0 Å². The molecule has 0 aliphatic carbocycles. The van der Waals surface area contributed by atoms with Gasteiger partial charge in [0.05, 0.1) is 26.6 Å². The molecule has 0 amide bonds. The molecule has 0 N–H and O–H groups in total. The molecule has 98 valence electrons. The second kappa shape index (κ2) is 6.82. The summed E-state index contributed by atoms with van der Waals surface area (Å²) in [5.41, 5.74) is 0.762. The molecule has 0 heterocycles. The number of para-hydroxylation sites is 1. The van der Waals surface area contributed by atoms with Gasteiger partial charge in [0.1, 0.15) is 0 Å². The molecule has 2 aromatic rings. The smallest absolute Gasteiger partial charge is 0.274 e. The maximum Gasteiger partial charge on any atom is 0.274 e. The first-order valence-electron chi connectivity index (χ1n) is 6.11. The lowest BCUT2D eigenvalue weighted by atomic mass is 10.2. The van der Waals surface area contributed by atoms with Crippen molar-refractivity contribution in [3.05, 3.63) is 70.3 Å². The number of nitro benzene ring substituents is 1. The summed E-state index contributed by atoms with van der Waals surface area (Å²) in [5, 5.41) is 12.2. The molecule has 0 bridgehead atoms. The lowest BCUT2D eigenvalue weighted by molar-refractivity contribution is -0.385. The van der Waals surface area contributed by atoms with Crippen LogP contribution in [0.15, 0.2) is 54.6 Å². The minimum absolute atomic E-state index is 0.129. The molecule has 19 heavy (non-hydrogen) atoms. The van der Waals surface area contributed by atoms with Crippen LogP contribution >= 0.6 is 0 Å². The summed E-state index contributed by atoms with van der Waals surface area (Å²) in [4.78, 5) is 10.5. The molecular weight excluding hydrogens is 258 g/mol. The van der Waals surface area contributed by atoms with Crippen molar-refractivity contribution in [2.75, 3.05) is 6.23 Å². The first kappa shape index (κ1) is 13.4. The quantitative estimate of drug-likeness (QED) is 0.347.